The zero-order valence-corrected chi connectivity index (χ0v) is 33.4. The molecule has 0 atom stereocenters. The van der Waals surface area contributed by atoms with Gasteiger partial charge in [0, 0.05) is 37.4 Å². The van der Waals surface area contributed by atoms with Gasteiger partial charge in [0.2, 0.25) is 0 Å². The SMILES string of the molecule is c1ccc(-c2ccc(N(c3cccc(-c4ccc5c(c4)-c4sc6ccccc6c4C5(c4ccccc4)c4ccccc4)c3)c3ccc4oc5ccccc5c4c3)cc2)cc1. The summed E-state index contributed by atoms with van der Waals surface area (Å²) in [7, 11) is 0. The fourth-order valence-corrected chi connectivity index (χ4v) is 11.0. The van der Waals surface area contributed by atoms with Crippen molar-refractivity contribution >= 4 is 60.4 Å². The maximum Gasteiger partial charge on any atom is 0.135 e. The summed E-state index contributed by atoms with van der Waals surface area (Å²) < 4.78 is 7.59. The summed E-state index contributed by atoms with van der Waals surface area (Å²) in [6, 6.07) is 81.6. The van der Waals surface area contributed by atoms with E-state index in [1.807, 2.05) is 23.5 Å². The number of fused-ring (bicyclic) bond motifs is 8. The first-order valence-electron chi connectivity index (χ1n) is 20.5. The van der Waals surface area contributed by atoms with Crippen LogP contribution in [-0.4, -0.2) is 0 Å². The first-order chi connectivity index (χ1) is 29.7. The van der Waals surface area contributed by atoms with Crippen LogP contribution in [0.4, 0.5) is 17.1 Å². The number of benzene rings is 9. The van der Waals surface area contributed by atoms with Crippen LogP contribution in [0, 0.1) is 0 Å². The molecular weight excluding hydrogens is 747 g/mol. The summed E-state index contributed by atoms with van der Waals surface area (Å²) in [5, 5.41) is 3.53. The maximum absolute atomic E-state index is 6.27. The van der Waals surface area contributed by atoms with Crippen molar-refractivity contribution in [1.29, 1.82) is 0 Å². The lowest BCUT2D eigenvalue weighted by Crippen LogP contribution is -2.28. The van der Waals surface area contributed by atoms with E-state index in [1.54, 1.807) is 0 Å². The average Bonchev–Trinajstić information content (AvgIpc) is 3.98. The predicted octanol–water partition coefficient (Wildman–Crippen LogP) is 16.0. The Bertz CT molecular complexity index is 3320. The first kappa shape index (κ1) is 34.6. The van der Waals surface area contributed by atoms with E-state index >= 15 is 0 Å². The Kier molecular flexibility index (Phi) is 7.97. The molecule has 60 heavy (non-hydrogen) atoms. The van der Waals surface area contributed by atoms with E-state index < -0.39 is 5.41 Å². The molecule has 1 aliphatic carbocycles. The third-order valence-corrected chi connectivity index (χ3v) is 13.5. The molecule has 0 amide bonds. The number of para-hydroxylation sites is 1. The molecule has 3 heteroatoms. The number of rotatable bonds is 7. The smallest absolute Gasteiger partial charge is 0.135 e. The minimum Gasteiger partial charge on any atom is -0.456 e. The van der Waals surface area contributed by atoms with Gasteiger partial charge in [-0.1, -0.05) is 164 Å². The Hall–Kier alpha value is -7.46. The normalized spacial score (nSPS) is 12.8. The van der Waals surface area contributed by atoms with Crippen molar-refractivity contribution in [1.82, 2.24) is 0 Å². The van der Waals surface area contributed by atoms with Crippen LogP contribution >= 0.6 is 11.3 Å². The minimum absolute atomic E-state index is 0.453. The van der Waals surface area contributed by atoms with E-state index in [0.29, 0.717) is 0 Å². The molecule has 0 radical (unpaired) electrons. The van der Waals surface area contributed by atoms with Crippen molar-refractivity contribution in [2.75, 3.05) is 4.90 Å². The summed E-state index contributed by atoms with van der Waals surface area (Å²) in [4.78, 5) is 3.71. The molecule has 0 N–H and O–H groups in total. The quantitative estimate of drug-likeness (QED) is 0.160. The van der Waals surface area contributed by atoms with Crippen molar-refractivity contribution in [3.05, 3.63) is 247 Å². The molecule has 0 saturated carbocycles. The van der Waals surface area contributed by atoms with E-state index in [2.05, 4.69) is 217 Å². The number of hydrogen-bond acceptors (Lipinski definition) is 3. The van der Waals surface area contributed by atoms with Crippen LogP contribution in [-0.2, 0) is 5.41 Å². The van der Waals surface area contributed by atoms with Crippen LogP contribution in [0.2, 0.25) is 0 Å². The van der Waals surface area contributed by atoms with Gasteiger partial charge >= 0.3 is 0 Å². The highest BCUT2D eigenvalue weighted by molar-refractivity contribution is 7.22. The van der Waals surface area contributed by atoms with Crippen LogP contribution < -0.4 is 4.90 Å². The molecular formula is C57H37NOS. The van der Waals surface area contributed by atoms with E-state index in [0.717, 1.165) is 44.6 Å². The van der Waals surface area contributed by atoms with Crippen LogP contribution in [0.5, 0.6) is 0 Å². The van der Waals surface area contributed by atoms with E-state index in [1.165, 1.54) is 59.5 Å². The number of nitrogens with zero attached hydrogens (tertiary/aromatic N) is 1. The molecule has 0 saturated heterocycles. The van der Waals surface area contributed by atoms with Gasteiger partial charge in [0.25, 0.3) is 0 Å². The molecule has 11 aromatic rings. The third-order valence-electron chi connectivity index (χ3n) is 12.3. The fraction of sp³-hybridized carbons (Fsp3) is 0.0175. The molecule has 0 fully saturated rings. The lowest BCUT2D eigenvalue weighted by atomic mass is 9.67. The molecule has 12 rings (SSSR count). The first-order valence-corrected chi connectivity index (χ1v) is 21.3. The van der Waals surface area contributed by atoms with E-state index in [9.17, 15) is 0 Å². The van der Waals surface area contributed by atoms with Crippen LogP contribution in [0.15, 0.2) is 229 Å². The fourth-order valence-electron chi connectivity index (χ4n) is 9.68. The van der Waals surface area contributed by atoms with Gasteiger partial charge in [0.15, 0.2) is 0 Å². The molecule has 1 aliphatic rings. The molecule has 0 bridgehead atoms. The Labute approximate surface area is 352 Å². The molecule has 2 nitrogen and oxygen atoms in total. The molecule has 9 aromatic carbocycles. The highest BCUT2D eigenvalue weighted by Gasteiger charge is 2.48. The lowest BCUT2D eigenvalue weighted by molar-refractivity contribution is 0.669. The van der Waals surface area contributed by atoms with E-state index in [4.69, 9.17) is 4.42 Å². The average molecular weight is 784 g/mol. The second-order valence-corrected chi connectivity index (χ2v) is 16.7. The van der Waals surface area contributed by atoms with Gasteiger partial charge in [0.1, 0.15) is 11.2 Å². The molecule has 0 unspecified atom stereocenters. The van der Waals surface area contributed by atoms with Crippen molar-refractivity contribution in [2.24, 2.45) is 0 Å². The zero-order valence-electron chi connectivity index (χ0n) is 32.6. The van der Waals surface area contributed by atoms with Gasteiger partial charge in [-0.15, -0.1) is 11.3 Å². The van der Waals surface area contributed by atoms with Gasteiger partial charge in [-0.2, -0.15) is 0 Å². The summed E-state index contributed by atoms with van der Waals surface area (Å²) in [5.74, 6) is 0. The van der Waals surface area contributed by atoms with Crippen molar-refractivity contribution in [2.45, 2.75) is 5.41 Å². The van der Waals surface area contributed by atoms with Crippen molar-refractivity contribution in [3.8, 4) is 32.7 Å². The van der Waals surface area contributed by atoms with Crippen molar-refractivity contribution in [3.63, 3.8) is 0 Å². The highest BCUT2D eigenvalue weighted by Crippen LogP contribution is 2.61. The summed E-state index contributed by atoms with van der Waals surface area (Å²) in [6.45, 7) is 0. The molecule has 2 heterocycles. The Morgan fingerprint density at radius 1 is 0.383 bits per heavy atom. The van der Waals surface area contributed by atoms with Gasteiger partial charge in [0.05, 0.1) is 5.41 Å². The Morgan fingerprint density at radius 3 is 1.72 bits per heavy atom. The zero-order chi connectivity index (χ0) is 39.6. The monoisotopic (exact) mass is 783 g/mol. The molecule has 282 valence electrons. The van der Waals surface area contributed by atoms with Crippen LogP contribution in [0.25, 0.3) is 64.7 Å². The minimum atomic E-state index is -0.453. The Morgan fingerprint density at radius 2 is 0.950 bits per heavy atom. The summed E-state index contributed by atoms with van der Waals surface area (Å²) >= 11 is 1.91. The lowest BCUT2D eigenvalue weighted by Gasteiger charge is -2.34. The number of thiophene rings is 1. The van der Waals surface area contributed by atoms with Crippen LogP contribution in [0.3, 0.4) is 0 Å². The third kappa shape index (κ3) is 5.33. The largest absolute Gasteiger partial charge is 0.456 e. The number of anilines is 3. The molecule has 0 aliphatic heterocycles. The Balaban J connectivity index is 1.03. The predicted molar refractivity (Wildman–Crippen MR) is 252 cm³/mol. The standard InChI is InChI=1S/C57H37NOS/c1-4-15-38(16-5-1)39-27-30-44(31-28-39)58(46-32-34-53-49(37-46)47-23-10-12-25-52(47)59-53)45-22-14-17-40(35-45)41-29-33-51-50(36-41)56-55(48-24-11-13-26-54(48)60-56)57(51,42-18-6-2-7-19-42)43-20-8-3-9-21-43/h1-37H. The molecule has 2 aromatic heterocycles. The van der Waals surface area contributed by atoms with Gasteiger partial charge in [-0.25, -0.2) is 0 Å². The summed E-state index contributed by atoms with van der Waals surface area (Å²) in [5.41, 5.74) is 15.9. The highest BCUT2D eigenvalue weighted by atomic mass is 32.1. The van der Waals surface area contributed by atoms with Gasteiger partial charge < -0.3 is 9.32 Å². The summed E-state index contributed by atoms with van der Waals surface area (Å²) in [6.07, 6.45) is 0. The van der Waals surface area contributed by atoms with E-state index in [-0.39, 0.29) is 0 Å². The second-order valence-electron chi connectivity index (χ2n) is 15.6. The number of hydrogen-bond donors (Lipinski definition) is 0. The molecule has 0 spiro atoms. The topological polar surface area (TPSA) is 16.4 Å². The maximum atomic E-state index is 6.27. The van der Waals surface area contributed by atoms with Crippen LogP contribution in [0.1, 0.15) is 22.3 Å². The second kappa shape index (κ2) is 13.8. The van der Waals surface area contributed by atoms with Crippen molar-refractivity contribution < 1.29 is 4.42 Å². The van der Waals surface area contributed by atoms with Gasteiger partial charge in [-0.3, -0.25) is 0 Å². The van der Waals surface area contributed by atoms with Gasteiger partial charge in [-0.05, 0) is 116 Å². The number of furan rings is 1.